The van der Waals surface area contributed by atoms with Gasteiger partial charge in [-0.25, -0.2) is 9.59 Å². The molecule has 0 aliphatic carbocycles. The molecule has 1 unspecified atom stereocenters. The van der Waals surface area contributed by atoms with Crippen LogP contribution >= 0.6 is 0 Å². The van der Waals surface area contributed by atoms with Crippen LogP contribution in [0, 0.1) is 0 Å². The molecule has 5 heteroatoms. The van der Waals surface area contributed by atoms with Gasteiger partial charge in [-0.15, -0.1) is 0 Å². The first-order valence-electron chi connectivity index (χ1n) is 4.51. The van der Waals surface area contributed by atoms with Crippen LogP contribution in [0.5, 0.6) is 0 Å². The van der Waals surface area contributed by atoms with Crippen LogP contribution in [-0.4, -0.2) is 24.8 Å². The zero-order chi connectivity index (χ0) is 11.0. The minimum absolute atomic E-state index is 0.103. The van der Waals surface area contributed by atoms with Gasteiger partial charge in [-0.3, -0.25) is 0 Å². The molecule has 0 saturated carbocycles. The molecule has 0 fully saturated rings. The van der Waals surface area contributed by atoms with Gasteiger partial charge in [0, 0.05) is 11.6 Å². The van der Waals surface area contributed by atoms with E-state index in [0.717, 1.165) is 0 Å². The highest BCUT2D eigenvalue weighted by molar-refractivity contribution is 5.91. The van der Waals surface area contributed by atoms with E-state index in [2.05, 4.69) is 0 Å². The van der Waals surface area contributed by atoms with E-state index < -0.39 is 18.2 Å². The lowest BCUT2D eigenvalue weighted by Crippen LogP contribution is -2.13. The first-order valence-corrected chi connectivity index (χ1v) is 4.51. The zero-order valence-electron chi connectivity index (χ0n) is 8.40. The predicted octanol–water partition coefficient (Wildman–Crippen LogP) is 0.663. The summed E-state index contributed by atoms with van der Waals surface area (Å²) < 4.78 is 14.9. The highest BCUT2D eigenvalue weighted by Crippen LogP contribution is 2.22. The molecule has 0 saturated heterocycles. The Hall–Kier alpha value is -1.78. The molecule has 0 bridgehead atoms. The molecule has 80 valence electrons. The van der Waals surface area contributed by atoms with Crippen molar-refractivity contribution in [2.75, 3.05) is 6.61 Å². The molecule has 0 amide bonds. The van der Waals surface area contributed by atoms with Gasteiger partial charge < -0.3 is 14.2 Å². The van der Waals surface area contributed by atoms with Crippen LogP contribution < -0.4 is 0 Å². The topological polar surface area (TPSA) is 61.8 Å². The number of rotatable bonds is 2. The predicted molar refractivity (Wildman–Crippen MR) is 48.4 cm³/mol. The summed E-state index contributed by atoms with van der Waals surface area (Å²) in [6.07, 6.45) is 0.822. The Labute approximate surface area is 86.3 Å². The van der Waals surface area contributed by atoms with E-state index in [1.807, 2.05) is 0 Å². The Morgan fingerprint density at radius 3 is 2.53 bits per heavy atom. The average molecular weight is 210 g/mol. The van der Waals surface area contributed by atoms with Gasteiger partial charge >= 0.3 is 11.9 Å². The fraction of sp³-hybridized carbons (Fsp3) is 0.400. The molecule has 5 nitrogen and oxygen atoms in total. The molecule has 0 aromatic rings. The summed E-state index contributed by atoms with van der Waals surface area (Å²) in [7, 11) is 0. The SMILES string of the molecule is CC1=CC(OC2=C(C)C(=O)OC2)OC1=O. The first-order chi connectivity index (χ1) is 7.08. The molecule has 15 heavy (non-hydrogen) atoms. The maximum Gasteiger partial charge on any atom is 0.337 e. The van der Waals surface area contributed by atoms with Crippen LogP contribution in [0.4, 0.5) is 0 Å². The maximum atomic E-state index is 11.0. The van der Waals surface area contributed by atoms with E-state index >= 15 is 0 Å². The van der Waals surface area contributed by atoms with E-state index in [9.17, 15) is 9.59 Å². The van der Waals surface area contributed by atoms with E-state index in [-0.39, 0.29) is 6.61 Å². The normalized spacial score (nSPS) is 25.2. The van der Waals surface area contributed by atoms with Gasteiger partial charge in [0.1, 0.15) is 12.4 Å². The van der Waals surface area contributed by atoms with Crippen molar-refractivity contribution in [2.24, 2.45) is 0 Å². The number of carbonyl (C=O) groups excluding carboxylic acids is 2. The fourth-order valence-corrected chi connectivity index (χ4v) is 1.29. The highest BCUT2D eigenvalue weighted by atomic mass is 16.7. The Balaban J connectivity index is 2.06. The second-order valence-corrected chi connectivity index (χ2v) is 3.37. The number of carbonyl (C=O) groups is 2. The Morgan fingerprint density at radius 1 is 1.33 bits per heavy atom. The number of ether oxygens (including phenoxy) is 3. The third-order valence-electron chi connectivity index (χ3n) is 2.25. The van der Waals surface area contributed by atoms with E-state index in [0.29, 0.717) is 16.9 Å². The van der Waals surface area contributed by atoms with Gasteiger partial charge in [0.05, 0.1) is 5.57 Å². The van der Waals surface area contributed by atoms with Gasteiger partial charge in [0.15, 0.2) is 0 Å². The maximum absolute atomic E-state index is 11.0. The van der Waals surface area contributed by atoms with E-state index in [1.54, 1.807) is 19.9 Å². The van der Waals surface area contributed by atoms with Gasteiger partial charge in [-0.2, -0.15) is 0 Å². The molecule has 0 N–H and O–H groups in total. The summed E-state index contributed by atoms with van der Waals surface area (Å²) in [6.45, 7) is 3.35. The minimum Gasteiger partial charge on any atom is -0.454 e. The van der Waals surface area contributed by atoms with Crippen molar-refractivity contribution in [3.05, 3.63) is 23.0 Å². The molecule has 0 spiro atoms. The van der Waals surface area contributed by atoms with Crippen molar-refractivity contribution in [1.82, 2.24) is 0 Å². The van der Waals surface area contributed by atoms with Crippen LogP contribution in [0.3, 0.4) is 0 Å². The van der Waals surface area contributed by atoms with E-state index in [4.69, 9.17) is 14.2 Å². The van der Waals surface area contributed by atoms with Crippen LogP contribution in [0.15, 0.2) is 23.0 Å². The van der Waals surface area contributed by atoms with Crippen LogP contribution in [0.25, 0.3) is 0 Å². The summed E-state index contributed by atoms with van der Waals surface area (Å²) >= 11 is 0. The van der Waals surface area contributed by atoms with Gasteiger partial charge in [-0.05, 0) is 13.8 Å². The van der Waals surface area contributed by atoms with Crippen LogP contribution in [0.2, 0.25) is 0 Å². The third kappa shape index (κ3) is 1.72. The van der Waals surface area contributed by atoms with Crippen molar-refractivity contribution >= 4 is 11.9 Å². The molecular weight excluding hydrogens is 200 g/mol. The molecule has 0 aromatic carbocycles. The number of hydrogen-bond acceptors (Lipinski definition) is 5. The molecule has 1 atom stereocenters. The van der Waals surface area contributed by atoms with Crippen LogP contribution in [-0.2, 0) is 23.8 Å². The molecule has 2 aliphatic rings. The van der Waals surface area contributed by atoms with Crippen molar-refractivity contribution in [3.8, 4) is 0 Å². The highest BCUT2D eigenvalue weighted by Gasteiger charge is 2.29. The smallest absolute Gasteiger partial charge is 0.337 e. The molecule has 2 heterocycles. The number of cyclic esters (lactones) is 2. The molecule has 0 aromatic heterocycles. The third-order valence-corrected chi connectivity index (χ3v) is 2.25. The lowest BCUT2D eigenvalue weighted by molar-refractivity contribution is -0.154. The summed E-state index contributed by atoms with van der Waals surface area (Å²) in [5, 5.41) is 0. The Kier molecular flexibility index (Phi) is 2.22. The monoisotopic (exact) mass is 210 g/mol. The number of esters is 2. The van der Waals surface area contributed by atoms with Crippen molar-refractivity contribution in [3.63, 3.8) is 0 Å². The molecule has 2 aliphatic heterocycles. The van der Waals surface area contributed by atoms with Gasteiger partial charge in [0.25, 0.3) is 6.29 Å². The van der Waals surface area contributed by atoms with E-state index in [1.165, 1.54) is 0 Å². The minimum atomic E-state index is -0.739. The standard InChI is InChI=1S/C10H10O5/c1-5-3-8(15-9(5)11)14-7-4-13-10(12)6(7)2/h3,8H,4H2,1-2H3. The lowest BCUT2D eigenvalue weighted by Gasteiger charge is -2.11. The average Bonchev–Trinajstić information content (AvgIpc) is 2.65. The Bertz CT molecular complexity index is 391. The zero-order valence-corrected chi connectivity index (χ0v) is 8.40. The molecule has 0 radical (unpaired) electrons. The summed E-state index contributed by atoms with van der Waals surface area (Å²) in [5.74, 6) is -0.373. The lowest BCUT2D eigenvalue weighted by atomic mass is 10.3. The summed E-state index contributed by atoms with van der Waals surface area (Å²) in [6, 6.07) is 0. The van der Waals surface area contributed by atoms with Crippen LogP contribution in [0.1, 0.15) is 13.8 Å². The first kappa shape index (κ1) is 9.76. The van der Waals surface area contributed by atoms with Crippen molar-refractivity contribution in [2.45, 2.75) is 20.1 Å². The number of hydrogen-bond donors (Lipinski definition) is 0. The largest absolute Gasteiger partial charge is 0.454 e. The Morgan fingerprint density at radius 2 is 2.07 bits per heavy atom. The second kappa shape index (κ2) is 3.42. The summed E-state index contributed by atoms with van der Waals surface area (Å²) in [5.41, 5.74) is 0.924. The van der Waals surface area contributed by atoms with Crippen molar-refractivity contribution in [1.29, 1.82) is 0 Å². The second-order valence-electron chi connectivity index (χ2n) is 3.37. The fourth-order valence-electron chi connectivity index (χ4n) is 1.29. The summed E-state index contributed by atoms with van der Waals surface area (Å²) in [4.78, 5) is 22.0. The molecule has 2 rings (SSSR count). The van der Waals surface area contributed by atoms with Gasteiger partial charge in [-0.1, -0.05) is 0 Å². The molecular formula is C10H10O5. The van der Waals surface area contributed by atoms with Crippen molar-refractivity contribution < 1.29 is 23.8 Å². The quantitative estimate of drug-likeness (QED) is 0.626. The van der Waals surface area contributed by atoms with Gasteiger partial charge in [0.2, 0.25) is 0 Å².